The number of fused-ring (bicyclic) bond motifs is 1. The fourth-order valence-electron chi connectivity index (χ4n) is 5.97. The molecule has 2 aromatic carbocycles. The largest absolute Gasteiger partial charge is 0.300 e. The highest BCUT2D eigenvalue weighted by Crippen LogP contribution is 2.40. The summed E-state index contributed by atoms with van der Waals surface area (Å²) in [5.41, 5.74) is 6.78. The minimum Gasteiger partial charge on any atom is -0.300 e. The van der Waals surface area contributed by atoms with Crippen LogP contribution in [0.15, 0.2) is 36.4 Å². The van der Waals surface area contributed by atoms with Crippen molar-refractivity contribution in [3.63, 3.8) is 0 Å². The third kappa shape index (κ3) is 5.92. The minimum atomic E-state index is -0.0986. The number of carbonyl (C=O) groups excluding carboxylic acids is 3. The molecule has 3 unspecified atom stereocenters. The molecular formula is C31H40O3. The fourth-order valence-corrected chi connectivity index (χ4v) is 5.97. The van der Waals surface area contributed by atoms with Crippen molar-refractivity contribution in [2.24, 2.45) is 17.8 Å². The van der Waals surface area contributed by atoms with Crippen LogP contribution in [-0.2, 0) is 22.4 Å². The maximum Gasteiger partial charge on any atom is 0.163 e. The summed E-state index contributed by atoms with van der Waals surface area (Å²) in [4.78, 5) is 37.8. The quantitative estimate of drug-likeness (QED) is 0.329. The summed E-state index contributed by atoms with van der Waals surface area (Å²) in [6.07, 6.45) is 6.00. The van der Waals surface area contributed by atoms with Gasteiger partial charge < -0.3 is 0 Å². The highest BCUT2D eigenvalue weighted by Gasteiger charge is 2.34. The van der Waals surface area contributed by atoms with Crippen LogP contribution in [0.25, 0.3) is 11.1 Å². The molecule has 34 heavy (non-hydrogen) atoms. The molecule has 0 N–H and O–H groups in total. The Morgan fingerprint density at radius 2 is 1.82 bits per heavy atom. The number of hydrogen-bond donors (Lipinski definition) is 0. The van der Waals surface area contributed by atoms with E-state index < -0.39 is 0 Å². The second-order valence-electron chi connectivity index (χ2n) is 10.2. The predicted molar refractivity (Wildman–Crippen MR) is 139 cm³/mol. The zero-order chi connectivity index (χ0) is 24.8. The number of hydrogen-bond acceptors (Lipinski definition) is 3. The molecule has 2 aromatic rings. The Bertz CT molecular complexity index is 1050. The van der Waals surface area contributed by atoms with Gasteiger partial charge >= 0.3 is 0 Å². The molecule has 0 saturated heterocycles. The summed E-state index contributed by atoms with van der Waals surface area (Å²) in [7, 11) is 0. The van der Waals surface area contributed by atoms with E-state index in [0.717, 1.165) is 49.7 Å². The molecule has 0 amide bonds. The molecule has 0 saturated carbocycles. The van der Waals surface area contributed by atoms with Crippen molar-refractivity contribution in [3.05, 3.63) is 58.7 Å². The van der Waals surface area contributed by atoms with E-state index >= 15 is 0 Å². The number of carbonyl (C=O) groups is 3. The van der Waals surface area contributed by atoms with Crippen LogP contribution in [0.1, 0.15) is 93.3 Å². The average Bonchev–Trinajstić information content (AvgIpc) is 2.79. The van der Waals surface area contributed by atoms with Crippen LogP contribution in [0.2, 0.25) is 0 Å². The van der Waals surface area contributed by atoms with E-state index in [2.05, 4.69) is 57.2 Å². The zero-order valence-electron chi connectivity index (χ0n) is 21.6. The summed E-state index contributed by atoms with van der Waals surface area (Å²) in [5, 5.41) is 0. The number of benzene rings is 2. The highest BCUT2D eigenvalue weighted by atomic mass is 16.1. The summed E-state index contributed by atoms with van der Waals surface area (Å²) in [6, 6.07) is 12.9. The van der Waals surface area contributed by atoms with Crippen molar-refractivity contribution in [2.45, 2.75) is 86.0 Å². The third-order valence-corrected chi connectivity index (χ3v) is 7.55. The van der Waals surface area contributed by atoms with E-state index in [1.165, 1.54) is 29.2 Å². The van der Waals surface area contributed by atoms with Gasteiger partial charge in [0, 0.05) is 17.9 Å². The maximum absolute atomic E-state index is 13.4. The topological polar surface area (TPSA) is 51.2 Å². The van der Waals surface area contributed by atoms with Gasteiger partial charge in [0.25, 0.3) is 0 Å². The molecule has 3 nitrogen and oxygen atoms in total. The first kappa shape index (κ1) is 26.1. The Labute approximate surface area is 205 Å². The van der Waals surface area contributed by atoms with Crippen LogP contribution in [-0.4, -0.2) is 17.3 Å². The Morgan fingerprint density at radius 3 is 2.47 bits per heavy atom. The van der Waals surface area contributed by atoms with Crippen molar-refractivity contribution in [2.75, 3.05) is 0 Å². The summed E-state index contributed by atoms with van der Waals surface area (Å²) < 4.78 is 0. The molecule has 0 radical (unpaired) electrons. The summed E-state index contributed by atoms with van der Waals surface area (Å²) in [6.45, 7) is 9.90. The molecule has 182 valence electrons. The second-order valence-corrected chi connectivity index (χ2v) is 10.2. The van der Waals surface area contributed by atoms with E-state index in [4.69, 9.17) is 0 Å². The van der Waals surface area contributed by atoms with Crippen LogP contribution in [0, 0.1) is 24.7 Å². The lowest BCUT2D eigenvalue weighted by atomic mass is 9.71. The molecule has 0 heterocycles. The molecule has 3 heteroatoms. The van der Waals surface area contributed by atoms with Crippen molar-refractivity contribution < 1.29 is 14.4 Å². The van der Waals surface area contributed by atoms with Gasteiger partial charge in [-0.2, -0.15) is 0 Å². The maximum atomic E-state index is 13.4. The highest BCUT2D eigenvalue weighted by molar-refractivity contribution is 6.02. The van der Waals surface area contributed by atoms with Gasteiger partial charge in [-0.25, -0.2) is 0 Å². The molecule has 0 bridgehead atoms. The SMILES string of the molecule is CCCC(CC1CC(=O)c2c(C)ccc(-c3cccc(CC)c3)c2C1)C(CC)C(=O)CC(C)=O. The van der Waals surface area contributed by atoms with Crippen LogP contribution in [0.4, 0.5) is 0 Å². The van der Waals surface area contributed by atoms with Crippen LogP contribution in [0.3, 0.4) is 0 Å². The van der Waals surface area contributed by atoms with E-state index in [9.17, 15) is 14.4 Å². The summed E-state index contributed by atoms with van der Waals surface area (Å²) in [5.74, 6) is 0.594. The normalized spacial score (nSPS) is 17.2. The Morgan fingerprint density at radius 1 is 1.06 bits per heavy atom. The Hall–Kier alpha value is -2.55. The van der Waals surface area contributed by atoms with E-state index in [0.29, 0.717) is 6.42 Å². The lowest BCUT2D eigenvalue weighted by molar-refractivity contribution is -0.129. The monoisotopic (exact) mass is 460 g/mol. The van der Waals surface area contributed by atoms with Crippen LogP contribution >= 0.6 is 0 Å². The first-order valence-electron chi connectivity index (χ1n) is 13.1. The first-order valence-corrected chi connectivity index (χ1v) is 13.1. The van der Waals surface area contributed by atoms with Gasteiger partial charge in [0.15, 0.2) is 5.78 Å². The number of ketones is 3. The van der Waals surface area contributed by atoms with Gasteiger partial charge in [-0.1, -0.05) is 70.0 Å². The fraction of sp³-hybridized carbons (Fsp3) is 0.516. The summed E-state index contributed by atoms with van der Waals surface area (Å²) >= 11 is 0. The lowest BCUT2D eigenvalue weighted by Gasteiger charge is -2.32. The molecule has 1 aliphatic carbocycles. The van der Waals surface area contributed by atoms with Crippen molar-refractivity contribution >= 4 is 17.3 Å². The van der Waals surface area contributed by atoms with E-state index in [-0.39, 0.29) is 41.5 Å². The van der Waals surface area contributed by atoms with Gasteiger partial charge in [-0.05, 0) is 79.2 Å². The van der Waals surface area contributed by atoms with Gasteiger partial charge in [0.2, 0.25) is 0 Å². The number of aryl methyl sites for hydroxylation is 2. The third-order valence-electron chi connectivity index (χ3n) is 7.55. The number of rotatable bonds is 11. The van der Waals surface area contributed by atoms with Crippen LogP contribution < -0.4 is 0 Å². The molecule has 3 rings (SSSR count). The molecule has 1 aliphatic rings. The van der Waals surface area contributed by atoms with E-state index in [1.54, 1.807) is 0 Å². The molecule has 0 aromatic heterocycles. The van der Waals surface area contributed by atoms with Gasteiger partial charge in [-0.15, -0.1) is 0 Å². The van der Waals surface area contributed by atoms with Gasteiger partial charge in [0.05, 0.1) is 6.42 Å². The predicted octanol–water partition coefficient (Wildman–Crippen LogP) is 7.35. The minimum absolute atomic E-state index is 0.0300. The molecule has 0 spiro atoms. The Balaban J connectivity index is 1.93. The first-order chi connectivity index (χ1) is 16.3. The average molecular weight is 461 g/mol. The lowest BCUT2D eigenvalue weighted by Crippen LogP contribution is -2.30. The van der Waals surface area contributed by atoms with Crippen LogP contribution in [0.5, 0.6) is 0 Å². The number of Topliss-reactive ketones (excluding diaryl/α,β-unsaturated/α-hetero) is 3. The standard InChI is InChI=1S/C31H40O3/c1-6-10-24(26(8-3)29(33)15-21(5)32)17-23-18-28-27(25-12-9-11-22(7-2)16-25)14-13-20(4)31(28)30(34)19-23/h9,11-14,16,23-24,26H,6-8,10,15,17-19H2,1-5H3. The zero-order valence-corrected chi connectivity index (χ0v) is 21.6. The second kappa shape index (κ2) is 11.7. The van der Waals surface area contributed by atoms with Crippen molar-refractivity contribution in [1.29, 1.82) is 0 Å². The van der Waals surface area contributed by atoms with Gasteiger partial charge in [-0.3, -0.25) is 14.4 Å². The Kier molecular flexibility index (Phi) is 8.99. The smallest absolute Gasteiger partial charge is 0.163 e. The van der Waals surface area contributed by atoms with Crippen molar-refractivity contribution in [1.82, 2.24) is 0 Å². The molecule has 0 fully saturated rings. The molecule has 3 atom stereocenters. The molecular weight excluding hydrogens is 420 g/mol. The van der Waals surface area contributed by atoms with Crippen molar-refractivity contribution in [3.8, 4) is 11.1 Å². The van der Waals surface area contributed by atoms with Gasteiger partial charge in [0.1, 0.15) is 11.6 Å². The van der Waals surface area contributed by atoms with E-state index in [1.807, 2.05) is 6.92 Å². The molecule has 0 aliphatic heterocycles.